The number of nitro benzene ring substituents is 1. The van der Waals surface area contributed by atoms with E-state index in [9.17, 15) is 10.1 Å². The highest BCUT2D eigenvalue weighted by molar-refractivity contribution is 7.15. The number of rotatable bonds is 5. The molecule has 0 bridgehead atoms. The maximum Gasteiger partial charge on any atom is 0.269 e. The van der Waals surface area contributed by atoms with Gasteiger partial charge in [0.05, 0.1) is 4.92 Å². The second-order valence-electron chi connectivity index (χ2n) is 4.20. The number of hydrogen-bond acceptors (Lipinski definition) is 6. The van der Waals surface area contributed by atoms with Crippen molar-refractivity contribution in [1.29, 1.82) is 0 Å². The van der Waals surface area contributed by atoms with Crippen LogP contribution in [0.2, 0.25) is 0 Å². The summed E-state index contributed by atoms with van der Waals surface area (Å²) >= 11 is 1.52. The van der Waals surface area contributed by atoms with E-state index in [2.05, 4.69) is 22.4 Å². The predicted octanol–water partition coefficient (Wildman–Crippen LogP) is 2.83. The van der Waals surface area contributed by atoms with Crippen LogP contribution in [-0.4, -0.2) is 22.2 Å². The molecule has 100 valence electrons. The Morgan fingerprint density at radius 2 is 2.05 bits per heavy atom. The highest BCUT2D eigenvalue weighted by Gasteiger charge is 2.12. The Labute approximate surface area is 114 Å². The zero-order valence-electron chi connectivity index (χ0n) is 10.7. The lowest BCUT2D eigenvalue weighted by molar-refractivity contribution is -0.384. The van der Waals surface area contributed by atoms with Gasteiger partial charge in [0.1, 0.15) is 5.01 Å². The lowest BCUT2D eigenvalue weighted by Crippen LogP contribution is -1.98. The van der Waals surface area contributed by atoms with Crippen molar-refractivity contribution in [2.24, 2.45) is 0 Å². The van der Waals surface area contributed by atoms with E-state index in [1.807, 2.05) is 7.05 Å². The lowest BCUT2D eigenvalue weighted by atomic mass is 9.98. The summed E-state index contributed by atoms with van der Waals surface area (Å²) in [4.78, 5) is 10.2. The van der Waals surface area contributed by atoms with Gasteiger partial charge < -0.3 is 5.32 Å². The summed E-state index contributed by atoms with van der Waals surface area (Å²) in [7, 11) is 1.81. The summed E-state index contributed by atoms with van der Waals surface area (Å²) in [6.07, 6.45) is 0.775. The third kappa shape index (κ3) is 3.25. The van der Waals surface area contributed by atoms with E-state index < -0.39 is 4.92 Å². The minimum absolute atomic E-state index is 0.115. The Morgan fingerprint density at radius 1 is 1.37 bits per heavy atom. The van der Waals surface area contributed by atoms with E-state index >= 15 is 0 Å². The number of anilines is 1. The third-order valence-electron chi connectivity index (χ3n) is 2.83. The molecule has 0 saturated heterocycles. The second-order valence-corrected chi connectivity index (χ2v) is 5.27. The smallest absolute Gasteiger partial charge is 0.269 e. The van der Waals surface area contributed by atoms with Crippen molar-refractivity contribution in [2.75, 3.05) is 12.4 Å². The van der Waals surface area contributed by atoms with Crippen molar-refractivity contribution in [2.45, 2.75) is 19.3 Å². The first-order valence-electron chi connectivity index (χ1n) is 5.84. The van der Waals surface area contributed by atoms with Gasteiger partial charge in [0.25, 0.3) is 5.69 Å². The van der Waals surface area contributed by atoms with Crippen LogP contribution in [0.5, 0.6) is 0 Å². The van der Waals surface area contributed by atoms with Crippen molar-refractivity contribution < 1.29 is 4.92 Å². The average molecular weight is 278 g/mol. The molecule has 0 aliphatic rings. The van der Waals surface area contributed by atoms with E-state index in [0.717, 1.165) is 22.1 Å². The molecule has 0 radical (unpaired) electrons. The number of nitro groups is 1. The second kappa shape index (κ2) is 5.75. The quantitative estimate of drug-likeness (QED) is 0.672. The minimum atomic E-state index is -0.390. The minimum Gasteiger partial charge on any atom is -0.363 e. The topological polar surface area (TPSA) is 81.0 Å². The SMILES string of the molecule is CNc1nnc(CC(C)c2ccc([N+](=O)[O-])cc2)s1. The van der Waals surface area contributed by atoms with Gasteiger partial charge in [-0.05, 0) is 11.5 Å². The molecule has 7 heteroatoms. The van der Waals surface area contributed by atoms with E-state index in [1.165, 1.54) is 23.5 Å². The summed E-state index contributed by atoms with van der Waals surface area (Å²) in [6, 6.07) is 6.65. The number of nitrogens with zero attached hydrogens (tertiary/aromatic N) is 3. The molecule has 2 rings (SSSR count). The van der Waals surface area contributed by atoms with Gasteiger partial charge in [0, 0.05) is 25.6 Å². The van der Waals surface area contributed by atoms with Gasteiger partial charge in [-0.1, -0.05) is 30.4 Å². The summed E-state index contributed by atoms with van der Waals surface area (Å²) in [5.74, 6) is 0.249. The summed E-state index contributed by atoms with van der Waals surface area (Å²) in [6.45, 7) is 2.07. The van der Waals surface area contributed by atoms with Gasteiger partial charge in [-0.3, -0.25) is 10.1 Å². The Bertz CT molecular complexity index is 567. The van der Waals surface area contributed by atoms with Crippen molar-refractivity contribution in [1.82, 2.24) is 10.2 Å². The molecule has 0 saturated carbocycles. The van der Waals surface area contributed by atoms with Crippen LogP contribution in [0.3, 0.4) is 0 Å². The van der Waals surface area contributed by atoms with Crippen molar-refractivity contribution in [3.8, 4) is 0 Å². The molecule has 0 fully saturated rings. The molecule has 0 amide bonds. The average Bonchev–Trinajstić information content (AvgIpc) is 2.86. The van der Waals surface area contributed by atoms with Gasteiger partial charge in [-0.15, -0.1) is 10.2 Å². The molecule has 1 unspecified atom stereocenters. The first-order valence-corrected chi connectivity index (χ1v) is 6.66. The van der Waals surface area contributed by atoms with Crippen molar-refractivity contribution in [3.05, 3.63) is 45.0 Å². The van der Waals surface area contributed by atoms with E-state index in [0.29, 0.717) is 0 Å². The van der Waals surface area contributed by atoms with Crippen LogP contribution in [0.1, 0.15) is 23.4 Å². The largest absolute Gasteiger partial charge is 0.363 e. The molecule has 1 aromatic heterocycles. The van der Waals surface area contributed by atoms with Crippen LogP contribution in [0.4, 0.5) is 10.8 Å². The van der Waals surface area contributed by atoms with Crippen molar-refractivity contribution >= 4 is 22.2 Å². The number of hydrogen-bond donors (Lipinski definition) is 1. The Morgan fingerprint density at radius 3 is 2.58 bits per heavy atom. The molecular weight excluding hydrogens is 264 g/mol. The Kier molecular flexibility index (Phi) is 4.06. The van der Waals surface area contributed by atoms with E-state index in [-0.39, 0.29) is 11.6 Å². The zero-order chi connectivity index (χ0) is 13.8. The molecule has 2 aromatic rings. The lowest BCUT2D eigenvalue weighted by Gasteiger charge is -2.09. The van der Waals surface area contributed by atoms with Crippen molar-refractivity contribution in [3.63, 3.8) is 0 Å². The molecule has 0 spiro atoms. The third-order valence-corrected chi connectivity index (χ3v) is 3.80. The maximum absolute atomic E-state index is 10.6. The van der Waals surface area contributed by atoms with Crippen LogP contribution >= 0.6 is 11.3 Å². The molecule has 1 atom stereocenters. The standard InChI is InChI=1S/C12H14N4O2S/c1-8(7-11-14-15-12(13-2)19-11)9-3-5-10(6-4-9)16(17)18/h3-6,8H,7H2,1-2H3,(H,13,15). The summed E-state index contributed by atoms with van der Waals surface area (Å²) < 4.78 is 0. The van der Waals surface area contributed by atoms with Gasteiger partial charge >= 0.3 is 0 Å². The summed E-state index contributed by atoms with van der Waals surface area (Å²) in [5, 5.41) is 23.4. The normalized spacial score (nSPS) is 12.1. The molecule has 0 aliphatic heterocycles. The Balaban J connectivity index is 2.06. The van der Waals surface area contributed by atoms with Crippen LogP contribution in [0, 0.1) is 10.1 Å². The van der Waals surface area contributed by atoms with E-state index in [4.69, 9.17) is 0 Å². The molecule has 0 aliphatic carbocycles. The van der Waals surface area contributed by atoms with Crippen LogP contribution < -0.4 is 5.32 Å². The Hall–Kier alpha value is -2.02. The molecule has 6 nitrogen and oxygen atoms in total. The first-order chi connectivity index (χ1) is 9.10. The molecule has 19 heavy (non-hydrogen) atoms. The van der Waals surface area contributed by atoms with Crippen LogP contribution in [0.25, 0.3) is 0 Å². The van der Waals surface area contributed by atoms with Gasteiger partial charge in [0.2, 0.25) is 5.13 Å². The predicted molar refractivity (Wildman–Crippen MR) is 74.7 cm³/mol. The van der Waals surface area contributed by atoms with Gasteiger partial charge in [0.15, 0.2) is 0 Å². The van der Waals surface area contributed by atoms with Crippen LogP contribution in [-0.2, 0) is 6.42 Å². The molecule has 1 aromatic carbocycles. The number of nitrogens with one attached hydrogen (secondary N) is 1. The van der Waals surface area contributed by atoms with Gasteiger partial charge in [-0.2, -0.15) is 0 Å². The monoisotopic (exact) mass is 278 g/mol. The fraction of sp³-hybridized carbons (Fsp3) is 0.333. The highest BCUT2D eigenvalue weighted by Crippen LogP contribution is 2.25. The van der Waals surface area contributed by atoms with E-state index in [1.54, 1.807) is 12.1 Å². The molecule has 1 N–H and O–H groups in total. The fourth-order valence-corrected chi connectivity index (χ4v) is 2.56. The number of non-ortho nitro benzene ring substituents is 1. The summed E-state index contributed by atoms with van der Waals surface area (Å²) in [5.41, 5.74) is 1.18. The number of benzene rings is 1. The molecular formula is C12H14N4O2S. The number of aromatic nitrogens is 2. The molecule has 1 heterocycles. The highest BCUT2D eigenvalue weighted by atomic mass is 32.1. The maximum atomic E-state index is 10.6. The van der Waals surface area contributed by atoms with Gasteiger partial charge in [-0.25, -0.2) is 0 Å². The first kappa shape index (κ1) is 13.4. The fourth-order valence-electron chi connectivity index (χ4n) is 1.74. The zero-order valence-corrected chi connectivity index (χ0v) is 11.5. The van der Waals surface area contributed by atoms with Crippen LogP contribution in [0.15, 0.2) is 24.3 Å².